The number of amides is 1. The summed E-state index contributed by atoms with van der Waals surface area (Å²) in [5.41, 5.74) is 0.645. The summed E-state index contributed by atoms with van der Waals surface area (Å²) in [6, 6.07) is 10.8. The zero-order chi connectivity index (χ0) is 25.2. The lowest BCUT2D eigenvalue weighted by Crippen LogP contribution is -2.49. The van der Waals surface area contributed by atoms with Crippen molar-refractivity contribution in [1.82, 2.24) is 14.2 Å². The summed E-state index contributed by atoms with van der Waals surface area (Å²) >= 11 is 13.7. The summed E-state index contributed by atoms with van der Waals surface area (Å²) in [7, 11) is -3.86. The summed E-state index contributed by atoms with van der Waals surface area (Å²) in [6.07, 6.45) is 1.07. The minimum Gasteiger partial charge on any atom is -0.302 e. The van der Waals surface area contributed by atoms with E-state index in [2.05, 4.69) is 23.7 Å². The van der Waals surface area contributed by atoms with E-state index >= 15 is 0 Å². The second kappa shape index (κ2) is 11.1. The molecule has 0 bridgehead atoms. The van der Waals surface area contributed by atoms with Crippen molar-refractivity contribution in [1.29, 1.82) is 0 Å². The zero-order valence-electron chi connectivity index (χ0n) is 19.7. The first kappa shape index (κ1) is 26.3. The van der Waals surface area contributed by atoms with Crippen molar-refractivity contribution >= 4 is 65.8 Å². The van der Waals surface area contributed by atoms with E-state index in [0.29, 0.717) is 46.6 Å². The number of para-hydroxylation sites is 1. The third-order valence-electron chi connectivity index (χ3n) is 6.30. The molecule has 1 unspecified atom stereocenters. The van der Waals surface area contributed by atoms with Gasteiger partial charge in [0.1, 0.15) is 11.6 Å². The minimum absolute atomic E-state index is 0.128. The van der Waals surface area contributed by atoms with Gasteiger partial charge in [0.15, 0.2) is 5.13 Å². The number of halogens is 2. The molecule has 0 saturated carbocycles. The van der Waals surface area contributed by atoms with E-state index in [9.17, 15) is 13.2 Å². The number of rotatable bonds is 9. The van der Waals surface area contributed by atoms with E-state index in [-0.39, 0.29) is 17.3 Å². The van der Waals surface area contributed by atoms with E-state index in [0.717, 1.165) is 17.8 Å². The molecule has 1 atom stereocenters. The second-order valence-electron chi connectivity index (χ2n) is 8.33. The van der Waals surface area contributed by atoms with Gasteiger partial charge >= 0.3 is 0 Å². The van der Waals surface area contributed by atoms with Gasteiger partial charge in [-0.1, -0.05) is 54.5 Å². The highest BCUT2D eigenvalue weighted by Crippen LogP contribution is 2.35. The number of carbonyl (C=O) groups is 1. The zero-order valence-corrected chi connectivity index (χ0v) is 22.8. The molecule has 1 aromatic heterocycles. The van der Waals surface area contributed by atoms with Gasteiger partial charge in [-0.25, -0.2) is 13.4 Å². The van der Waals surface area contributed by atoms with Crippen molar-refractivity contribution in [3.05, 3.63) is 52.5 Å². The van der Waals surface area contributed by atoms with Crippen LogP contribution in [0.15, 0.2) is 47.4 Å². The SMILES string of the molecule is CCN(CC)CCN(C(=O)C1CCCN1S(=O)(=O)c1ccc(Cl)cc1)c1nc2c(Cl)cccc2s1. The van der Waals surface area contributed by atoms with Gasteiger partial charge in [0, 0.05) is 24.7 Å². The topological polar surface area (TPSA) is 73.8 Å². The molecule has 2 aromatic carbocycles. The van der Waals surface area contributed by atoms with E-state index in [4.69, 9.17) is 23.2 Å². The average molecular weight is 556 g/mol. The van der Waals surface area contributed by atoms with Crippen LogP contribution in [0.1, 0.15) is 26.7 Å². The minimum atomic E-state index is -3.86. The number of thiazole rings is 1. The molecule has 0 spiro atoms. The van der Waals surface area contributed by atoms with Crippen LogP contribution < -0.4 is 4.90 Å². The number of hydrogen-bond donors (Lipinski definition) is 0. The summed E-state index contributed by atoms with van der Waals surface area (Å²) in [5, 5.41) is 1.50. The molecule has 35 heavy (non-hydrogen) atoms. The van der Waals surface area contributed by atoms with E-state index in [1.54, 1.807) is 23.1 Å². The Balaban J connectivity index is 1.68. The van der Waals surface area contributed by atoms with Crippen molar-refractivity contribution in [2.24, 2.45) is 0 Å². The molecule has 2 heterocycles. The second-order valence-corrected chi connectivity index (χ2v) is 12.1. The lowest BCUT2D eigenvalue weighted by molar-refractivity contribution is -0.121. The number of aromatic nitrogens is 1. The number of sulfonamides is 1. The van der Waals surface area contributed by atoms with Crippen molar-refractivity contribution in [2.75, 3.05) is 37.6 Å². The first-order valence-electron chi connectivity index (χ1n) is 11.6. The van der Waals surface area contributed by atoms with Crippen LogP contribution >= 0.6 is 34.5 Å². The quantitative estimate of drug-likeness (QED) is 0.366. The molecule has 1 aliphatic heterocycles. The number of carbonyl (C=O) groups excluding carboxylic acids is 1. The number of likely N-dealkylation sites (N-methyl/N-ethyl adjacent to an activating group) is 1. The van der Waals surface area contributed by atoms with Crippen LogP contribution in [0, 0.1) is 0 Å². The van der Waals surface area contributed by atoms with Crippen LogP contribution in [-0.2, 0) is 14.8 Å². The molecular weight excluding hydrogens is 527 g/mol. The van der Waals surface area contributed by atoms with Crippen LogP contribution in [0.25, 0.3) is 10.2 Å². The smallest absolute Gasteiger partial charge is 0.247 e. The standard InChI is InChI=1S/C24H28Cl2N4O3S2/c1-3-28(4-2)15-16-29(24-27-22-19(26)7-5-9-21(22)34-24)23(31)20-8-6-14-30(20)35(32,33)18-12-10-17(25)11-13-18/h5,7,9-13,20H,3-4,6,8,14-16H2,1-2H3. The predicted octanol–water partition coefficient (Wildman–Crippen LogP) is 5.13. The number of hydrogen-bond acceptors (Lipinski definition) is 6. The van der Waals surface area contributed by atoms with Crippen LogP contribution in [0.5, 0.6) is 0 Å². The van der Waals surface area contributed by atoms with Gasteiger partial charge < -0.3 is 4.90 Å². The lowest BCUT2D eigenvalue weighted by atomic mass is 10.2. The molecule has 0 aliphatic carbocycles. The summed E-state index contributed by atoms with van der Waals surface area (Å²) < 4.78 is 29.1. The molecule has 7 nitrogen and oxygen atoms in total. The molecule has 4 rings (SSSR count). The normalized spacial score (nSPS) is 16.9. The van der Waals surface area contributed by atoms with Gasteiger partial charge in [-0.3, -0.25) is 9.69 Å². The predicted molar refractivity (Wildman–Crippen MR) is 143 cm³/mol. The fourth-order valence-electron chi connectivity index (χ4n) is 4.30. The maximum atomic E-state index is 14.0. The van der Waals surface area contributed by atoms with Crippen molar-refractivity contribution in [3.63, 3.8) is 0 Å². The molecule has 1 amide bonds. The molecule has 11 heteroatoms. The number of benzene rings is 2. The third-order valence-corrected chi connectivity index (χ3v) is 9.82. The van der Waals surface area contributed by atoms with Gasteiger partial charge in [-0.2, -0.15) is 4.31 Å². The third kappa shape index (κ3) is 5.50. The maximum Gasteiger partial charge on any atom is 0.247 e. The molecule has 1 aliphatic rings. The first-order valence-corrected chi connectivity index (χ1v) is 14.6. The number of nitrogens with zero attached hydrogens (tertiary/aromatic N) is 4. The van der Waals surface area contributed by atoms with Gasteiger partial charge in [-0.15, -0.1) is 0 Å². The van der Waals surface area contributed by atoms with Gasteiger partial charge in [0.05, 0.1) is 14.6 Å². The van der Waals surface area contributed by atoms with Crippen LogP contribution in [0.3, 0.4) is 0 Å². The molecule has 1 saturated heterocycles. The van der Waals surface area contributed by atoms with Crippen LogP contribution in [0.2, 0.25) is 10.0 Å². The average Bonchev–Trinajstić information content (AvgIpc) is 3.51. The van der Waals surface area contributed by atoms with Gasteiger partial charge in [-0.05, 0) is 62.3 Å². The van der Waals surface area contributed by atoms with E-state index < -0.39 is 16.1 Å². The Morgan fingerprint density at radius 1 is 1.11 bits per heavy atom. The van der Waals surface area contributed by atoms with Crippen molar-refractivity contribution < 1.29 is 13.2 Å². The van der Waals surface area contributed by atoms with E-state index in [1.165, 1.54) is 27.8 Å². The van der Waals surface area contributed by atoms with E-state index in [1.807, 2.05) is 12.1 Å². The van der Waals surface area contributed by atoms with Crippen molar-refractivity contribution in [2.45, 2.75) is 37.6 Å². The molecule has 1 fully saturated rings. The number of fused-ring (bicyclic) bond motifs is 1. The molecule has 0 radical (unpaired) electrons. The van der Waals surface area contributed by atoms with Crippen LogP contribution in [0.4, 0.5) is 5.13 Å². The summed E-state index contributed by atoms with van der Waals surface area (Å²) in [5.74, 6) is -0.262. The van der Waals surface area contributed by atoms with Gasteiger partial charge in [0.25, 0.3) is 0 Å². The largest absolute Gasteiger partial charge is 0.302 e. The Morgan fingerprint density at radius 2 is 1.83 bits per heavy atom. The highest BCUT2D eigenvalue weighted by molar-refractivity contribution is 7.89. The van der Waals surface area contributed by atoms with Gasteiger partial charge in [0.2, 0.25) is 15.9 Å². The maximum absolute atomic E-state index is 14.0. The molecule has 188 valence electrons. The van der Waals surface area contributed by atoms with Crippen molar-refractivity contribution in [3.8, 4) is 0 Å². The van der Waals surface area contributed by atoms with Crippen LogP contribution in [-0.4, -0.2) is 67.3 Å². The molecular formula is C24H28Cl2N4O3S2. The highest BCUT2D eigenvalue weighted by Gasteiger charge is 2.42. The fourth-order valence-corrected chi connectivity index (χ4v) is 7.37. The monoisotopic (exact) mass is 554 g/mol. The highest BCUT2D eigenvalue weighted by atomic mass is 35.5. The Labute approximate surface area is 220 Å². The number of anilines is 1. The Morgan fingerprint density at radius 3 is 2.49 bits per heavy atom. The first-order chi connectivity index (χ1) is 16.8. The Bertz CT molecular complexity index is 1290. The summed E-state index contributed by atoms with van der Waals surface area (Å²) in [6.45, 7) is 7.20. The lowest BCUT2D eigenvalue weighted by Gasteiger charge is -2.30. The molecule has 3 aromatic rings. The Hall–Kier alpha value is -1.75. The Kier molecular flexibility index (Phi) is 8.35. The fraction of sp³-hybridized carbons (Fsp3) is 0.417. The summed E-state index contributed by atoms with van der Waals surface area (Å²) in [4.78, 5) is 22.6. The molecule has 0 N–H and O–H groups in total.